The van der Waals surface area contributed by atoms with Crippen molar-refractivity contribution in [3.63, 3.8) is 0 Å². The van der Waals surface area contributed by atoms with Gasteiger partial charge in [-0.1, -0.05) is 15.9 Å². The van der Waals surface area contributed by atoms with Crippen molar-refractivity contribution in [2.24, 2.45) is 0 Å². The van der Waals surface area contributed by atoms with Crippen LogP contribution in [-0.4, -0.2) is 14.7 Å². The van der Waals surface area contributed by atoms with E-state index in [0.29, 0.717) is 0 Å². The fourth-order valence-corrected chi connectivity index (χ4v) is 1.72. The summed E-state index contributed by atoms with van der Waals surface area (Å²) in [6, 6.07) is 1.94. The molecule has 0 aliphatic carbocycles. The van der Waals surface area contributed by atoms with Gasteiger partial charge in [0.2, 0.25) is 0 Å². The van der Waals surface area contributed by atoms with E-state index in [2.05, 4.69) is 21.0 Å². The minimum atomic E-state index is 0.0286. The molecule has 0 saturated heterocycles. The molecule has 0 bridgehead atoms. The fraction of sp³-hybridized carbons (Fsp3) is 0.222. The molecule has 0 aliphatic rings. The second-order valence-electron chi connectivity index (χ2n) is 2.91. The number of nitrogens with zero attached hydrogens (tertiary/aromatic N) is 2. The third-order valence-electron chi connectivity index (χ3n) is 2.12. The monoisotopic (exact) mass is 240 g/mol. The van der Waals surface area contributed by atoms with Crippen LogP contribution in [0.25, 0.3) is 5.52 Å². The van der Waals surface area contributed by atoms with E-state index in [1.54, 1.807) is 10.7 Å². The second-order valence-corrected chi connectivity index (χ2v) is 3.76. The summed E-state index contributed by atoms with van der Waals surface area (Å²) in [6.45, 7) is 2.03. The first-order valence-electron chi connectivity index (χ1n) is 3.96. The van der Waals surface area contributed by atoms with Crippen LogP contribution in [0.3, 0.4) is 0 Å². The summed E-state index contributed by atoms with van der Waals surface area (Å²) < 4.78 is 2.81. The number of aromatic nitrogens is 2. The first-order valence-corrected chi connectivity index (χ1v) is 4.75. The number of rotatable bonds is 1. The number of aliphatic hydroxyl groups excluding tert-OH is 1. The molecule has 13 heavy (non-hydrogen) atoms. The molecule has 0 radical (unpaired) electrons. The lowest BCUT2D eigenvalue weighted by Crippen LogP contribution is -1.91. The minimum absolute atomic E-state index is 0.0286. The van der Waals surface area contributed by atoms with Crippen molar-refractivity contribution in [1.82, 2.24) is 9.61 Å². The SMILES string of the molecule is Cc1c(Br)ccn2ncc(CO)c12. The van der Waals surface area contributed by atoms with Crippen LogP contribution in [0.4, 0.5) is 0 Å². The number of fused-ring (bicyclic) bond motifs is 1. The van der Waals surface area contributed by atoms with Crippen LogP contribution in [0.5, 0.6) is 0 Å². The highest BCUT2D eigenvalue weighted by atomic mass is 79.9. The molecule has 0 amide bonds. The normalized spacial score (nSPS) is 11.0. The zero-order valence-electron chi connectivity index (χ0n) is 7.16. The number of hydrogen-bond donors (Lipinski definition) is 1. The Morgan fingerprint density at radius 1 is 1.62 bits per heavy atom. The van der Waals surface area contributed by atoms with Crippen LogP contribution in [0.15, 0.2) is 22.9 Å². The van der Waals surface area contributed by atoms with Crippen LogP contribution >= 0.6 is 15.9 Å². The first kappa shape index (κ1) is 8.72. The molecule has 0 saturated carbocycles. The van der Waals surface area contributed by atoms with Crippen molar-refractivity contribution in [3.8, 4) is 0 Å². The van der Waals surface area contributed by atoms with E-state index in [9.17, 15) is 0 Å². The molecule has 4 heteroatoms. The van der Waals surface area contributed by atoms with E-state index < -0.39 is 0 Å². The summed E-state index contributed by atoms with van der Waals surface area (Å²) in [7, 11) is 0. The third kappa shape index (κ3) is 1.26. The Labute approximate surface area is 84.1 Å². The molecule has 1 N–H and O–H groups in total. The number of aryl methyl sites for hydroxylation is 1. The summed E-state index contributed by atoms with van der Waals surface area (Å²) in [4.78, 5) is 0. The molecule has 2 heterocycles. The number of hydrogen-bond acceptors (Lipinski definition) is 2. The van der Waals surface area contributed by atoms with Gasteiger partial charge in [0.15, 0.2) is 0 Å². The van der Waals surface area contributed by atoms with E-state index in [0.717, 1.165) is 21.1 Å². The van der Waals surface area contributed by atoms with Crippen LogP contribution in [-0.2, 0) is 6.61 Å². The van der Waals surface area contributed by atoms with Crippen molar-refractivity contribution in [1.29, 1.82) is 0 Å². The first-order chi connectivity index (χ1) is 6.24. The Bertz CT molecular complexity index is 450. The van der Waals surface area contributed by atoms with Gasteiger partial charge in [0.05, 0.1) is 18.3 Å². The number of halogens is 1. The number of aliphatic hydroxyl groups is 1. The minimum Gasteiger partial charge on any atom is -0.392 e. The fourth-order valence-electron chi connectivity index (χ4n) is 1.41. The third-order valence-corrected chi connectivity index (χ3v) is 2.98. The molecule has 2 rings (SSSR count). The van der Waals surface area contributed by atoms with Crippen molar-refractivity contribution in [2.45, 2.75) is 13.5 Å². The molecule has 0 atom stereocenters. The predicted octanol–water partition coefficient (Wildman–Crippen LogP) is 1.90. The molecule has 3 nitrogen and oxygen atoms in total. The maximum atomic E-state index is 9.07. The van der Waals surface area contributed by atoms with Gasteiger partial charge in [-0.15, -0.1) is 0 Å². The molecule has 2 aromatic heterocycles. The Balaban J connectivity index is 2.85. The summed E-state index contributed by atoms with van der Waals surface area (Å²) in [6.07, 6.45) is 3.56. The van der Waals surface area contributed by atoms with Gasteiger partial charge in [-0.25, -0.2) is 4.52 Å². The summed E-state index contributed by atoms with van der Waals surface area (Å²) >= 11 is 3.44. The molecule has 0 spiro atoms. The Morgan fingerprint density at radius 2 is 2.38 bits per heavy atom. The molecular weight excluding hydrogens is 232 g/mol. The maximum Gasteiger partial charge on any atom is 0.0757 e. The van der Waals surface area contributed by atoms with Crippen LogP contribution < -0.4 is 0 Å². The standard InChI is InChI=1S/C9H9BrN2O/c1-6-8(10)2-3-12-9(6)7(5-13)4-11-12/h2-4,13H,5H2,1H3. The van der Waals surface area contributed by atoms with Crippen LogP contribution in [0.2, 0.25) is 0 Å². The highest BCUT2D eigenvalue weighted by molar-refractivity contribution is 9.10. The zero-order valence-corrected chi connectivity index (χ0v) is 8.74. The van der Waals surface area contributed by atoms with Crippen molar-refractivity contribution in [2.75, 3.05) is 0 Å². The summed E-state index contributed by atoms with van der Waals surface area (Å²) in [5.74, 6) is 0. The van der Waals surface area contributed by atoms with Gasteiger partial charge in [0, 0.05) is 16.2 Å². The quantitative estimate of drug-likeness (QED) is 0.827. The largest absolute Gasteiger partial charge is 0.392 e. The van der Waals surface area contributed by atoms with E-state index in [1.165, 1.54) is 0 Å². The second kappa shape index (κ2) is 3.12. The van der Waals surface area contributed by atoms with Gasteiger partial charge in [0.1, 0.15) is 0 Å². The highest BCUT2D eigenvalue weighted by Gasteiger charge is 2.07. The lowest BCUT2D eigenvalue weighted by atomic mass is 10.2. The smallest absolute Gasteiger partial charge is 0.0757 e. The molecule has 0 aliphatic heterocycles. The average Bonchev–Trinajstić information content (AvgIpc) is 2.55. The summed E-state index contributed by atoms with van der Waals surface area (Å²) in [5.41, 5.74) is 2.94. The average molecular weight is 241 g/mol. The Morgan fingerprint density at radius 3 is 3.08 bits per heavy atom. The maximum absolute atomic E-state index is 9.07. The van der Waals surface area contributed by atoms with Crippen molar-refractivity contribution >= 4 is 21.4 Å². The number of pyridine rings is 1. The highest BCUT2D eigenvalue weighted by Crippen LogP contribution is 2.22. The van der Waals surface area contributed by atoms with Gasteiger partial charge in [-0.3, -0.25) is 0 Å². The summed E-state index contributed by atoms with van der Waals surface area (Å²) in [5, 5.41) is 13.2. The topological polar surface area (TPSA) is 37.5 Å². The molecule has 0 aromatic carbocycles. The molecular formula is C9H9BrN2O. The van der Waals surface area contributed by atoms with E-state index in [4.69, 9.17) is 5.11 Å². The molecule has 0 fully saturated rings. The Kier molecular flexibility index (Phi) is 2.09. The van der Waals surface area contributed by atoms with Crippen LogP contribution in [0, 0.1) is 6.92 Å². The molecule has 2 aromatic rings. The van der Waals surface area contributed by atoms with E-state index in [1.807, 2.05) is 19.2 Å². The zero-order chi connectivity index (χ0) is 9.42. The van der Waals surface area contributed by atoms with Gasteiger partial charge in [-0.2, -0.15) is 5.10 Å². The van der Waals surface area contributed by atoms with Gasteiger partial charge >= 0.3 is 0 Å². The van der Waals surface area contributed by atoms with E-state index in [-0.39, 0.29) is 6.61 Å². The van der Waals surface area contributed by atoms with E-state index >= 15 is 0 Å². The lowest BCUT2D eigenvalue weighted by molar-refractivity contribution is 0.283. The van der Waals surface area contributed by atoms with Crippen LogP contribution in [0.1, 0.15) is 11.1 Å². The van der Waals surface area contributed by atoms with Crippen molar-refractivity contribution < 1.29 is 5.11 Å². The molecule has 68 valence electrons. The van der Waals surface area contributed by atoms with Gasteiger partial charge < -0.3 is 5.11 Å². The Hall–Kier alpha value is -0.870. The van der Waals surface area contributed by atoms with Crippen molar-refractivity contribution in [3.05, 3.63) is 34.1 Å². The van der Waals surface area contributed by atoms with Gasteiger partial charge in [0.25, 0.3) is 0 Å². The van der Waals surface area contributed by atoms with Gasteiger partial charge in [-0.05, 0) is 18.6 Å². The lowest BCUT2D eigenvalue weighted by Gasteiger charge is -2.02. The molecule has 0 unspecified atom stereocenters. The predicted molar refractivity (Wildman–Crippen MR) is 53.6 cm³/mol.